The number of carbonyl (C=O) groups is 3. The van der Waals surface area contributed by atoms with E-state index < -0.39 is 5.97 Å². The molecular weight excluding hydrogens is 454 g/mol. The van der Waals surface area contributed by atoms with Gasteiger partial charge in [-0.3, -0.25) is 14.5 Å². The molecule has 5 nitrogen and oxygen atoms in total. The number of amides is 2. The fourth-order valence-electron chi connectivity index (χ4n) is 3.37. The van der Waals surface area contributed by atoms with Gasteiger partial charge < -0.3 is 4.74 Å². The van der Waals surface area contributed by atoms with E-state index in [9.17, 15) is 14.4 Å². The minimum atomic E-state index is -0.398. The molecule has 0 aromatic heterocycles. The van der Waals surface area contributed by atoms with E-state index in [4.69, 9.17) is 4.74 Å². The van der Waals surface area contributed by atoms with Gasteiger partial charge in [-0.15, -0.1) is 0 Å². The van der Waals surface area contributed by atoms with Crippen LogP contribution in [-0.4, -0.2) is 34.0 Å². The number of rotatable bonds is 4. The molecule has 3 rings (SSSR count). The zero-order valence-corrected chi connectivity index (χ0v) is 17.0. The third-order valence-electron chi connectivity index (χ3n) is 4.71. The predicted molar refractivity (Wildman–Crippen MR) is 101 cm³/mol. The van der Waals surface area contributed by atoms with Gasteiger partial charge in [0.2, 0.25) is 11.8 Å². The average Bonchev–Trinajstić information content (AvgIpc) is 2.84. The zero-order valence-electron chi connectivity index (χ0n) is 13.8. The van der Waals surface area contributed by atoms with Gasteiger partial charge in [-0.2, -0.15) is 0 Å². The standard InChI is InChI=1S/C18H19Br2NO4/c1-2-7-25-18(24)10-3-5-11(6-4-10)21-16(22)12-8-14(19)15(20)9-13(12)17(21)23/h3-6,12-15H,2,7-9H2,1H3/t12-,13+,14-,15-/m1/s1. The SMILES string of the molecule is CCCOC(=O)c1ccc(N2C(=O)[C@H]3C[C@@H](Br)[C@H](Br)C[C@H]3C2=O)cc1. The maximum Gasteiger partial charge on any atom is 0.338 e. The Morgan fingerprint density at radius 3 is 2.08 bits per heavy atom. The zero-order chi connectivity index (χ0) is 18.1. The fraction of sp³-hybridized carbons (Fsp3) is 0.500. The highest BCUT2D eigenvalue weighted by atomic mass is 79.9. The number of imide groups is 1. The lowest BCUT2D eigenvalue weighted by atomic mass is 9.81. The summed E-state index contributed by atoms with van der Waals surface area (Å²) in [5.41, 5.74) is 0.920. The molecule has 2 amide bonds. The Labute approximate surface area is 163 Å². The second kappa shape index (κ2) is 7.58. The molecule has 2 aliphatic rings. The highest BCUT2D eigenvalue weighted by molar-refractivity contribution is 9.12. The predicted octanol–water partition coefficient (Wildman–Crippen LogP) is 3.68. The second-order valence-corrected chi connectivity index (χ2v) is 8.76. The van der Waals surface area contributed by atoms with E-state index in [0.29, 0.717) is 30.7 Å². The number of ether oxygens (including phenoxy) is 1. The summed E-state index contributed by atoms with van der Waals surface area (Å²) in [6.07, 6.45) is 2.04. The van der Waals surface area contributed by atoms with E-state index in [-0.39, 0.29) is 33.3 Å². The molecule has 1 aromatic rings. The van der Waals surface area contributed by atoms with Crippen molar-refractivity contribution < 1.29 is 19.1 Å². The molecule has 4 atom stereocenters. The molecule has 1 aliphatic heterocycles. The monoisotopic (exact) mass is 471 g/mol. The molecule has 0 bridgehead atoms. The normalized spacial score (nSPS) is 28.8. The summed E-state index contributed by atoms with van der Waals surface area (Å²) >= 11 is 7.16. The van der Waals surface area contributed by atoms with Crippen LogP contribution in [0.15, 0.2) is 24.3 Å². The van der Waals surface area contributed by atoms with Crippen LogP contribution >= 0.6 is 31.9 Å². The molecule has 0 unspecified atom stereocenters. The number of halogens is 2. The maximum absolute atomic E-state index is 12.7. The first kappa shape index (κ1) is 18.6. The van der Waals surface area contributed by atoms with E-state index >= 15 is 0 Å². The molecule has 0 N–H and O–H groups in total. The summed E-state index contributed by atoms with van der Waals surface area (Å²) in [5, 5.41) is 0. The Morgan fingerprint density at radius 1 is 1.08 bits per heavy atom. The average molecular weight is 473 g/mol. The molecule has 0 radical (unpaired) electrons. The van der Waals surface area contributed by atoms with Crippen molar-refractivity contribution in [3.8, 4) is 0 Å². The minimum absolute atomic E-state index is 0.153. The van der Waals surface area contributed by atoms with Crippen LogP contribution in [0.2, 0.25) is 0 Å². The third-order valence-corrected chi connectivity index (χ3v) is 7.44. The number of anilines is 1. The van der Waals surface area contributed by atoms with E-state index in [0.717, 1.165) is 6.42 Å². The Kier molecular flexibility index (Phi) is 5.63. The molecular formula is C18H19Br2NO4. The van der Waals surface area contributed by atoms with Gasteiger partial charge in [-0.25, -0.2) is 4.79 Å². The Bertz CT molecular complexity index is 663. The van der Waals surface area contributed by atoms with Crippen molar-refractivity contribution in [2.75, 3.05) is 11.5 Å². The van der Waals surface area contributed by atoms with Gasteiger partial charge >= 0.3 is 5.97 Å². The van der Waals surface area contributed by atoms with E-state index in [1.807, 2.05) is 6.92 Å². The number of fused-ring (bicyclic) bond motifs is 1. The highest BCUT2D eigenvalue weighted by Crippen LogP contribution is 2.44. The molecule has 2 fully saturated rings. The van der Waals surface area contributed by atoms with Crippen molar-refractivity contribution in [3.63, 3.8) is 0 Å². The largest absolute Gasteiger partial charge is 0.462 e. The lowest BCUT2D eigenvalue weighted by Gasteiger charge is -2.29. The molecule has 1 aromatic carbocycles. The van der Waals surface area contributed by atoms with Crippen molar-refractivity contribution in [1.29, 1.82) is 0 Å². The smallest absolute Gasteiger partial charge is 0.338 e. The van der Waals surface area contributed by atoms with Gasteiger partial charge in [0, 0.05) is 9.65 Å². The first-order valence-electron chi connectivity index (χ1n) is 8.37. The van der Waals surface area contributed by atoms with Crippen LogP contribution in [-0.2, 0) is 14.3 Å². The molecule has 0 spiro atoms. The molecule has 134 valence electrons. The van der Waals surface area contributed by atoms with Crippen LogP contribution in [0.25, 0.3) is 0 Å². The molecule has 1 heterocycles. The van der Waals surface area contributed by atoms with Crippen molar-refractivity contribution in [3.05, 3.63) is 29.8 Å². The summed E-state index contributed by atoms with van der Waals surface area (Å²) < 4.78 is 5.09. The Hall–Kier alpha value is -1.21. The maximum atomic E-state index is 12.7. The lowest BCUT2D eigenvalue weighted by Crippen LogP contribution is -2.34. The summed E-state index contributed by atoms with van der Waals surface area (Å²) in [4.78, 5) is 39.0. The second-order valence-electron chi connectivity index (χ2n) is 6.41. The van der Waals surface area contributed by atoms with Crippen LogP contribution in [0.3, 0.4) is 0 Å². The van der Waals surface area contributed by atoms with Gasteiger partial charge in [-0.1, -0.05) is 38.8 Å². The fourth-order valence-corrected chi connectivity index (χ4v) is 4.61. The molecule has 1 saturated heterocycles. The number of hydrogen-bond acceptors (Lipinski definition) is 4. The minimum Gasteiger partial charge on any atom is -0.462 e. The highest BCUT2D eigenvalue weighted by Gasteiger charge is 2.52. The van der Waals surface area contributed by atoms with Crippen molar-refractivity contribution in [1.82, 2.24) is 0 Å². The topological polar surface area (TPSA) is 63.7 Å². The summed E-state index contributed by atoms with van der Waals surface area (Å²) in [6, 6.07) is 6.45. The number of esters is 1. The molecule has 25 heavy (non-hydrogen) atoms. The number of alkyl halides is 2. The Morgan fingerprint density at radius 2 is 1.60 bits per heavy atom. The van der Waals surface area contributed by atoms with Crippen LogP contribution in [0.4, 0.5) is 5.69 Å². The Balaban J connectivity index is 1.79. The third kappa shape index (κ3) is 3.53. The first-order valence-corrected chi connectivity index (χ1v) is 10.2. The van der Waals surface area contributed by atoms with Gasteiger partial charge in [-0.05, 0) is 43.5 Å². The quantitative estimate of drug-likeness (QED) is 0.381. The van der Waals surface area contributed by atoms with Crippen molar-refractivity contribution >= 4 is 55.3 Å². The first-order chi connectivity index (χ1) is 11.9. The van der Waals surface area contributed by atoms with Gasteiger partial charge in [0.05, 0.1) is 29.7 Å². The van der Waals surface area contributed by atoms with E-state index in [2.05, 4.69) is 31.9 Å². The molecule has 7 heteroatoms. The summed E-state index contributed by atoms with van der Waals surface area (Å²) in [7, 11) is 0. The molecule has 1 aliphatic carbocycles. The number of nitrogens with zero attached hydrogens (tertiary/aromatic N) is 1. The van der Waals surface area contributed by atoms with Crippen LogP contribution in [0, 0.1) is 11.8 Å². The van der Waals surface area contributed by atoms with Crippen LogP contribution < -0.4 is 4.90 Å². The summed E-state index contributed by atoms with van der Waals surface area (Å²) in [6.45, 7) is 2.30. The van der Waals surface area contributed by atoms with Gasteiger partial charge in [0.25, 0.3) is 0 Å². The number of benzene rings is 1. The lowest BCUT2D eigenvalue weighted by molar-refractivity contribution is -0.122. The number of carbonyl (C=O) groups excluding carboxylic acids is 3. The van der Waals surface area contributed by atoms with Crippen LogP contribution in [0.5, 0.6) is 0 Å². The van der Waals surface area contributed by atoms with E-state index in [1.54, 1.807) is 24.3 Å². The van der Waals surface area contributed by atoms with Crippen molar-refractivity contribution in [2.45, 2.75) is 35.8 Å². The van der Waals surface area contributed by atoms with Crippen molar-refractivity contribution in [2.24, 2.45) is 11.8 Å². The van der Waals surface area contributed by atoms with Crippen LogP contribution in [0.1, 0.15) is 36.5 Å². The number of hydrogen-bond donors (Lipinski definition) is 0. The van der Waals surface area contributed by atoms with Gasteiger partial charge in [0.1, 0.15) is 0 Å². The van der Waals surface area contributed by atoms with Gasteiger partial charge in [0.15, 0.2) is 0 Å². The molecule has 1 saturated carbocycles. The van der Waals surface area contributed by atoms with E-state index in [1.165, 1.54) is 4.90 Å². The summed E-state index contributed by atoms with van der Waals surface area (Å²) in [5.74, 6) is -1.26.